The number of carbonyl (C=O) groups is 2. The van der Waals surface area contributed by atoms with Gasteiger partial charge in [0.05, 0.1) is 10.5 Å². The van der Waals surface area contributed by atoms with Crippen molar-refractivity contribution >= 4 is 27.6 Å². The van der Waals surface area contributed by atoms with E-state index in [1.54, 1.807) is 13.8 Å². The lowest BCUT2D eigenvalue weighted by Crippen LogP contribution is -2.30. The monoisotopic (exact) mass is 426 g/mol. The molecule has 0 aliphatic rings. The Hall–Kier alpha value is -2.85. The van der Waals surface area contributed by atoms with Crippen LogP contribution in [0.5, 0.6) is 0 Å². The molecule has 0 heterocycles. The Morgan fingerprint density at radius 2 is 1.66 bits per heavy atom. The summed E-state index contributed by atoms with van der Waals surface area (Å²) in [6.45, 7) is 3.42. The van der Waals surface area contributed by atoms with E-state index < -0.39 is 45.7 Å². The van der Waals surface area contributed by atoms with Crippen LogP contribution in [0.15, 0.2) is 47.4 Å². The second-order valence-electron chi connectivity index (χ2n) is 5.86. The molecule has 10 heteroatoms. The average Bonchev–Trinajstić information content (AvgIpc) is 2.67. The highest BCUT2D eigenvalue weighted by atomic mass is 32.2. The van der Waals surface area contributed by atoms with Crippen LogP contribution < -0.4 is 5.32 Å². The Kier molecular flexibility index (Phi) is 7.40. The molecule has 0 unspecified atom stereocenters. The molecule has 2 aromatic carbocycles. The minimum atomic E-state index is -3.62. The summed E-state index contributed by atoms with van der Waals surface area (Å²) >= 11 is 0. The highest BCUT2D eigenvalue weighted by Crippen LogP contribution is 2.18. The number of hydrogen-bond acceptors (Lipinski definition) is 5. The van der Waals surface area contributed by atoms with Gasteiger partial charge in [0.15, 0.2) is 6.61 Å². The van der Waals surface area contributed by atoms with Crippen molar-refractivity contribution in [3.63, 3.8) is 0 Å². The van der Waals surface area contributed by atoms with Gasteiger partial charge >= 0.3 is 5.97 Å². The molecule has 0 saturated carbocycles. The maximum absolute atomic E-state index is 13.5. The van der Waals surface area contributed by atoms with Crippen LogP contribution in [0, 0.1) is 11.6 Å². The fourth-order valence-corrected chi connectivity index (χ4v) is 3.94. The van der Waals surface area contributed by atoms with Crippen molar-refractivity contribution in [3.05, 3.63) is 59.7 Å². The van der Waals surface area contributed by atoms with Gasteiger partial charge in [-0.1, -0.05) is 13.8 Å². The zero-order valence-corrected chi connectivity index (χ0v) is 16.6. The summed E-state index contributed by atoms with van der Waals surface area (Å²) in [6.07, 6.45) is 0. The Balaban J connectivity index is 1.96. The fourth-order valence-electron chi connectivity index (χ4n) is 2.48. The molecular formula is C19H20F2N2O5S. The number of nitrogens with zero attached hydrogens (tertiary/aromatic N) is 1. The molecule has 0 spiro atoms. The van der Waals surface area contributed by atoms with Crippen molar-refractivity contribution in [2.24, 2.45) is 0 Å². The van der Waals surface area contributed by atoms with Crippen LogP contribution in [0.4, 0.5) is 14.5 Å². The zero-order valence-electron chi connectivity index (χ0n) is 15.8. The standard InChI is InChI=1S/C19H20F2N2O5S/c1-3-23(4-2)29(26,27)15-8-6-14(7-9-15)22-18(24)12-28-19(25)16-10-5-13(20)11-17(16)21/h5-11H,3-4,12H2,1-2H3,(H,22,24). The summed E-state index contributed by atoms with van der Waals surface area (Å²) in [5, 5.41) is 2.43. The van der Waals surface area contributed by atoms with Gasteiger partial charge in [0.1, 0.15) is 11.6 Å². The van der Waals surface area contributed by atoms with Gasteiger partial charge < -0.3 is 10.1 Å². The summed E-state index contributed by atoms with van der Waals surface area (Å²) in [5.74, 6) is -3.76. The molecule has 7 nitrogen and oxygen atoms in total. The summed E-state index contributed by atoms with van der Waals surface area (Å²) < 4.78 is 57.2. The molecule has 156 valence electrons. The van der Waals surface area contributed by atoms with Gasteiger partial charge in [-0.05, 0) is 36.4 Å². The molecule has 2 aromatic rings. The minimum absolute atomic E-state index is 0.0809. The van der Waals surface area contributed by atoms with E-state index in [2.05, 4.69) is 5.32 Å². The number of esters is 1. The molecule has 2 rings (SSSR count). The maximum atomic E-state index is 13.5. The quantitative estimate of drug-likeness (QED) is 0.656. The summed E-state index contributed by atoms with van der Waals surface area (Å²) in [5.41, 5.74) is -0.206. The first-order chi connectivity index (χ1) is 13.7. The van der Waals surface area contributed by atoms with E-state index >= 15 is 0 Å². The number of carbonyl (C=O) groups excluding carboxylic acids is 2. The number of amides is 1. The molecule has 0 atom stereocenters. The Bertz CT molecular complexity index is 990. The first-order valence-electron chi connectivity index (χ1n) is 8.71. The second-order valence-corrected chi connectivity index (χ2v) is 7.80. The average molecular weight is 426 g/mol. The van der Waals surface area contributed by atoms with Gasteiger partial charge in [-0.3, -0.25) is 4.79 Å². The molecule has 29 heavy (non-hydrogen) atoms. The van der Waals surface area contributed by atoms with Crippen molar-refractivity contribution in [3.8, 4) is 0 Å². The first-order valence-corrected chi connectivity index (χ1v) is 10.1. The van der Waals surface area contributed by atoms with Gasteiger partial charge in [0.2, 0.25) is 10.0 Å². The van der Waals surface area contributed by atoms with Gasteiger partial charge in [-0.25, -0.2) is 22.0 Å². The van der Waals surface area contributed by atoms with Gasteiger partial charge in [-0.15, -0.1) is 0 Å². The molecule has 0 fully saturated rings. The van der Waals surface area contributed by atoms with E-state index in [4.69, 9.17) is 4.74 Å². The Morgan fingerprint density at radius 1 is 1.03 bits per heavy atom. The number of ether oxygens (including phenoxy) is 1. The molecule has 1 amide bonds. The van der Waals surface area contributed by atoms with E-state index in [1.807, 2.05) is 0 Å². The second kappa shape index (κ2) is 9.57. The molecule has 0 aliphatic heterocycles. The molecule has 0 bridgehead atoms. The van der Waals surface area contributed by atoms with Crippen LogP contribution in [0.25, 0.3) is 0 Å². The largest absolute Gasteiger partial charge is 0.452 e. The van der Waals surface area contributed by atoms with Crippen molar-refractivity contribution in [1.29, 1.82) is 0 Å². The zero-order chi connectivity index (χ0) is 21.6. The molecule has 0 aliphatic carbocycles. The lowest BCUT2D eigenvalue weighted by Gasteiger charge is -2.18. The Labute approximate surface area is 167 Å². The first kappa shape index (κ1) is 22.4. The van der Waals surface area contributed by atoms with Crippen molar-refractivity contribution in [2.45, 2.75) is 18.7 Å². The fraction of sp³-hybridized carbons (Fsp3) is 0.263. The highest BCUT2D eigenvalue weighted by molar-refractivity contribution is 7.89. The molecule has 0 aromatic heterocycles. The van der Waals surface area contributed by atoms with E-state index in [9.17, 15) is 26.8 Å². The number of benzene rings is 2. The molecular weight excluding hydrogens is 406 g/mol. The molecule has 0 saturated heterocycles. The van der Waals surface area contributed by atoms with E-state index in [-0.39, 0.29) is 10.6 Å². The third-order valence-corrected chi connectivity index (χ3v) is 6.03. The number of rotatable bonds is 8. The van der Waals surface area contributed by atoms with Crippen LogP contribution in [0.3, 0.4) is 0 Å². The van der Waals surface area contributed by atoms with E-state index in [1.165, 1.54) is 28.6 Å². The van der Waals surface area contributed by atoms with Crippen molar-refractivity contribution < 1.29 is 31.5 Å². The number of anilines is 1. The lowest BCUT2D eigenvalue weighted by atomic mass is 10.2. The van der Waals surface area contributed by atoms with Crippen LogP contribution in [-0.4, -0.2) is 44.3 Å². The van der Waals surface area contributed by atoms with E-state index in [0.717, 1.165) is 12.1 Å². The smallest absolute Gasteiger partial charge is 0.341 e. The predicted molar refractivity (Wildman–Crippen MR) is 102 cm³/mol. The summed E-state index contributed by atoms with van der Waals surface area (Å²) in [6, 6.07) is 7.84. The summed E-state index contributed by atoms with van der Waals surface area (Å²) in [7, 11) is -3.62. The number of hydrogen-bond donors (Lipinski definition) is 1. The van der Waals surface area contributed by atoms with Gasteiger partial charge in [-0.2, -0.15) is 4.31 Å². The van der Waals surface area contributed by atoms with Crippen LogP contribution in [0.2, 0.25) is 0 Å². The number of nitrogens with one attached hydrogen (secondary N) is 1. The van der Waals surface area contributed by atoms with Gasteiger partial charge in [0, 0.05) is 24.8 Å². The van der Waals surface area contributed by atoms with Crippen molar-refractivity contribution in [2.75, 3.05) is 25.0 Å². The third-order valence-electron chi connectivity index (χ3n) is 3.97. The Morgan fingerprint density at radius 3 is 2.21 bits per heavy atom. The summed E-state index contributed by atoms with van der Waals surface area (Å²) in [4.78, 5) is 23.8. The molecule has 0 radical (unpaired) electrons. The van der Waals surface area contributed by atoms with Crippen molar-refractivity contribution in [1.82, 2.24) is 4.31 Å². The van der Waals surface area contributed by atoms with E-state index in [0.29, 0.717) is 19.2 Å². The number of sulfonamides is 1. The molecule has 1 N–H and O–H groups in total. The minimum Gasteiger partial charge on any atom is -0.452 e. The topological polar surface area (TPSA) is 92.8 Å². The normalized spacial score (nSPS) is 11.3. The number of halogens is 2. The third kappa shape index (κ3) is 5.58. The predicted octanol–water partition coefficient (Wildman–Crippen LogP) is 2.79. The SMILES string of the molecule is CCN(CC)S(=O)(=O)c1ccc(NC(=O)COC(=O)c2ccc(F)cc2F)cc1. The van der Waals surface area contributed by atoms with Crippen LogP contribution in [-0.2, 0) is 19.6 Å². The highest BCUT2D eigenvalue weighted by Gasteiger charge is 2.21. The van der Waals surface area contributed by atoms with Crippen LogP contribution >= 0.6 is 0 Å². The maximum Gasteiger partial charge on any atom is 0.341 e. The lowest BCUT2D eigenvalue weighted by molar-refractivity contribution is -0.119. The van der Waals surface area contributed by atoms with Crippen LogP contribution in [0.1, 0.15) is 24.2 Å². The van der Waals surface area contributed by atoms with Gasteiger partial charge in [0.25, 0.3) is 5.91 Å².